The first-order valence-corrected chi connectivity index (χ1v) is 6.55. The van der Waals surface area contributed by atoms with Crippen LogP contribution in [0.1, 0.15) is 38.3 Å². The molecule has 2 aromatic heterocycles. The van der Waals surface area contributed by atoms with E-state index in [1.54, 1.807) is 0 Å². The van der Waals surface area contributed by atoms with Gasteiger partial charge in [0.15, 0.2) is 5.82 Å². The Bertz CT molecular complexity index is 615. The largest absolute Gasteiger partial charge is 0.335 e. The molecule has 6 nitrogen and oxygen atoms in total. The summed E-state index contributed by atoms with van der Waals surface area (Å²) in [6.45, 7) is 4.22. The molecule has 0 atom stereocenters. The van der Waals surface area contributed by atoms with E-state index in [-0.39, 0.29) is 6.03 Å². The summed E-state index contributed by atoms with van der Waals surface area (Å²) in [4.78, 5) is 15.9. The van der Waals surface area contributed by atoms with Gasteiger partial charge in [-0.3, -0.25) is 5.32 Å². The summed E-state index contributed by atoms with van der Waals surface area (Å²) in [6, 6.07) is 4.08. The smallest absolute Gasteiger partial charge is 0.320 e. The Morgan fingerprint density at radius 1 is 1.42 bits per heavy atom. The molecule has 1 saturated carbocycles. The van der Waals surface area contributed by atoms with Crippen LogP contribution in [0.4, 0.5) is 10.6 Å². The number of nitrogens with zero attached hydrogens (tertiary/aromatic N) is 3. The average Bonchev–Trinajstić information content (AvgIpc) is 3.05. The van der Waals surface area contributed by atoms with Crippen molar-refractivity contribution in [2.45, 2.75) is 38.6 Å². The molecule has 0 aromatic carbocycles. The van der Waals surface area contributed by atoms with E-state index in [1.165, 1.54) is 6.33 Å². The van der Waals surface area contributed by atoms with Crippen molar-refractivity contribution in [3.05, 3.63) is 24.2 Å². The van der Waals surface area contributed by atoms with Gasteiger partial charge in [-0.05, 0) is 30.9 Å². The van der Waals surface area contributed by atoms with E-state index in [4.69, 9.17) is 0 Å². The summed E-state index contributed by atoms with van der Waals surface area (Å²) >= 11 is 0. The summed E-state index contributed by atoms with van der Waals surface area (Å²) < 4.78 is 1.82. The van der Waals surface area contributed by atoms with E-state index in [2.05, 4.69) is 34.6 Å². The van der Waals surface area contributed by atoms with Crippen LogP contribution in [0.25, 0.3) is 5.52 Å². The third-order valence-corrected chi connectivity index (χ3v) is 3.22. The normalized spacial score (nSPS) is 14.9. The molecule has 2 aromatic rings. The van der Waals surface area contributed by atoms with Crippen LogP contribution >= 0.6 is 0 Å². The average molecular weight is 259 g/mol. The molecule has 1 aliphatic rings. The number of urea groups is 1. The maximum absolute atomic E-state index is 11.8. The lowest BCUT2D eigenvalue weighted by Gasteiger charge is -2.08. The Labute approximate surface area is 111 Å². The van der Waals surface area contributed by atoms with E-state index in [0.717, 1.165) is 24.1 Å². The van der Waals surface area contributed by atoms with E-state index < -0.39 is 0 Å². The van der Waals surface area contributed by atoms with Gasteiger partial charge in [-0.15, -0.1) is 0 Å². The van der Waals surface area contributed by atoms with Gasteiger partial charge in [-0.25, -0.2) is 14.3 Å². The lowest BCUT2D eigenvalue weighted by Crippen LogP contribution is -2.31. The fourth-order valence-electron chi connectivity index (χ4n) is 2.04. The first-order chi connectivity index (χ1) is 9.15. The summed E-state index contributed by atoms with van der Waals surface area (Å²) in [5, 5.41) is 9.90. The predicted octanol–water partition coefficient (Wildman–Crippen LogP) is 2.14. The van der Waals surface area contributed by atoms with Gasteiger partial charge in [-0.2, -0.15) is 5.10 Å². The number of anilines is 1. The van der Waals surface area contributed by atoms with Crippen molar-refractivity contribution in [3.63, 3.8) is 0 Å². The monoisotopic (exact) mass is 259 g/mol. The van der Waals surface area contributed by atoms with Crippen molar-refractivity contribution in [3.8, 4) is 0 Å². The molecule has 2 heterocycles. The van der Waals surface area contributed by atoms with Crippen LogP contribution in [0.5, 0.6) is 0 Å². The number of amides is 2. The minimum Gasteiger partial charge on any atom is -0.335 e. The highest BCUT2D eigenvalue weighted by Crippen LogP contribution is 2.22. The maximum Gasteiger partial charge on any atom is 0.320 e. The molecule has 0 spiro atoms. The Kier molecular flexibility index (Phi) is 2.85. The molecule has 0 bridgehead atoms. The van der Waals surface area contributed by atoms with Crippen molar-refractivity contribution in [2.24, 2.45) is 0 Å². The Balaban J connectivity index is 1.88. The molecule has 0 unspecified atom stereocenters. The van der Waals surface area contributed by atoms with Crippen LogP contribution in [-0.4, -0.2) is 26.7 Å². The van der Waals surface area contributed by atoms with Gasteiger partial charge < -0.3 is 5.32 Å². The first-order valence-electron chi connectivity index (χ1n) is 6.55. The number of carbonyl (C=O) groups excluding carboxylic acids is 1. The molecule has 2 amide bonds. The predicted molar refractivity (Wildman–Crippen MR) is 72.3 cm³/mol. The topological polar surface area (TPSA) is 71.3 Å². The highest BCUT2D eigenvalue weighted by atomic mass is 16.2. The van der Waals surface area contributed by atoms with E-state index in [0.29, 0.717) is 17.8 Å². The molecule has 1 aliphatic carbocycles. The molecule has 2 N–H and O–H groups in total. The summed E-state index contributed by atoms with van der Waals surface area (Å²) in [7, 11) is 0. The van der Waals surface area contributed by atoms with Crippen molar-refractivity contribution in [2.75, 3.05) is 5.32 Å². The maximum atomic E-state index is 11.8. The Morgan fingerprint density at radius 2 is 2.21 bits per heavy atom. The third kappa shape index (κ3) is 2.38. The van der Waals surface area contributed by atoms with Crippen LogP contribution in [-0.2, 0) is 0 Å². The van der Waals surface area contributed by atoms with Gasteiger partial charge >= 0.3 is 6.03 Å². The van der Waals surface area contributed by atoms with Crippen LogP contribution < -0.4 is 10.6 Å². The molecule has 19 heavy (non-hydrogen) atoms. The Morgan fingerprint density at radius 3 is 2.89 bits per heavy atom. The van der Waals surface area contributed by atoms with Crippen molar-refractivity contribution in [1.82, 2.24) is 19.9 Å². The first kappa shape index (κ1) is 12.0. The van der Waals surface area contributed by atoms with Crippen molar-refractivity contribution in [1.29, 1.82) is 0 Å². The van der Waals surface area contributed by atoms with E-state index >= 15 is 0 Å². The van der Waals surface area contributed by atoms with Gasteiger partial charge in [-0.1, -0.05) is 13.8 Å². The standard InChI is InChI=1S/C13H17N5O/c1-8(2)10-5-6-11-12(14-7-15-18(10)11)17-13(19)16-9-3-4-9/h5-9H,3-4H2,1-2H3,(H2,14,15,16,17,19). The SMILES string of the molecule is CC(C)c1ccc2c(NC(=O)NC3CC3)ncnn12. The van der Waals surface area contributed by atoms with Gasteiger partial charge in [0.05, 0.1) is 0 Å². The summed E-state index contributed by atoms with van der Waals surface area (Å²) in [6.07, 6.45) is 3.59. The molecular weight excluding hydrogens is 242 g/mol. The van der Waals surface area contributed by atoms with Crippen LogP contribution in [0.2, 0.25) is 0 Å². The molecular formula is C13H17N5O. The van der Waals surface area contributed by atoms with Crippen LogP contribution in [0.3, 0.4) is 0 Å². The molecule has 0 aliphatic heterocycles. The number of rotatable bonds is 3. The molecule has 100 valence electrons. The molecule has 0 saturated heterocycles. The lowest BCUT2D eigenvalue weighted by atomic mass is 10.1. The lowest BCUT2D eigenvalue weighted by molar-refractivity contribution is 0.251. The zero-order valence-electron chi connectivity index (χ0n) is 11.1. The van der Waals surface area contributed by atoms with Crippen LogP contribution in [0.15, 0.2) is 18.5 Å². The number of hydrogen-bond acceptors (Lipinski definition) is 3. The molecule has 3 rings (SSSR count). The number of hydrogen-bond donors (Lipinski definition) is 2. The van der Waals surface area contributed by atoms with Crippen molar-refractivity contribution < 1.29 is 4.79 Å². The quantitative estimate of drug-likeness (QED) is 0.887. The highest BCUT2D eigenvalue weighted by molar-refractivity contribution is 5.92. The molecule has 1 fully saturated rings. The number of nitrogens with one attached hydrogen (secondary N) is 2. The van der Waals surface area contributed by atoms with Crippen molar-refractivity contribution >= 4 is 17.4 Å². The number of fused-ring (bicyclic) bond motifs is 1. The molecule has 0 radical (unpaired) electrons. The summed E-state index contributed by atoms with van der Waals surface area (Å²) in [5.41, 5.74) is 1.92. The second-order valence-electron chi connectivity index (χ2n) is 5.19. The minimum absolute atomic E-state index is 0.199. The highest BCUT2D eigenvalue weighted by Gasteiger charge is 2.23. The number of aromatic nitrogens is 3. The van der Waals surface area contributed by atoms with Gasteiger partial charge in [0.2, 0.25) is 0 Å². The Hall–Kier alpha value is -2.11. The number of carbonyl (C=O) groups is 1. The second kappa shape index (κ2) is 4.53. The van der Waals surface area contributed by atoms with Gasteiger partial charge in [0.25, 0.3) is 0 Å². The fourth-order valence-corrected chi connectivity index (χ4v) is 2.04. The van der Waals surface area contributed by atoms with Gasteiger partial charge in [0.1, 0.15) is 11.8 Å². The van der Waals surface area contributed by atoms with E-state index in [1.807, 2.05) is 16.6 Å². The second-order valence-corrected chi connectivity index (χ2v) is 5.19. The molecule has 6 heteroatoms. The van der Waals surface area contributed by atoms with E-state index in [9.17, 15) is 4.79 Å². The zero-order chi connectivity index (χ0) is 13.4. The summed E-state index contributed by atoms with van der Waals surface area (Å²) in [5.74, 6) is 0.908. The fraction of sp³-hybridized carbons (Fsp3) is 0.462. The zero-order valence-corrected chi connectivity index (χ0v) is 11.1. The third-order valence-electron chi connectivity index (χ3n) is 3.22. The van der Waals surface area contributed by atoms with Crippen LogP contribution in [0, 0.1) is 0 Å². The van der Waals surface area contributed by atoms with Gasteiger partial charge in [0, 0.05) is 11.7 Å². The minimum atomic E-state index is -0.199.